The maximum Gasteiger partial charge on any atom is 0.418 e. The molecule has 1 unspecified atom stereocenters. The van der Waals surface area contributed by atoms with E-state index in [1.807, 2.05) is 0 Å². The third kappa shape index (κ3) is 5.40. The Morgan fingerprint density at radius 2 is 2.00 bits per heavy atom. The van der Waals surface area contributed by atoms with Gasteiger partial charge in [0.2, 0.25) is 0 Å². The van der Waals surface area contributed by atoms with Gasteiger partial charge in [-0.05, 0) is 55.3 Å². The predicted octanol–water partition coefficient (Wildman–Crippen LogP) is 5.04. The topological polar surface area (TPSA) is 89.5 Å². The lowest BCUT2D eigenvalue weighted by atomic mass is 10.1. The van der Waals surface area contributed by atoms with E-state index in [0.717, 1.165) is 12.1 Å². The van der Waals surface area contributed by atoms with E-state index in [4.69, 9.17) is 21.1 Å². The summed E-state index contributed by atoms with van der Waals surface area (Å²) in [5.41, 5.74) is -1.20. The highest BCUT2D eigenvalue weighted by Gasteiger charge is 2.35. The normalized spacial score (nSPS) is 15.8. The number of carbonyl (C=O) groups excluding carboxylic acids is 2. The monoisotopic (exact) mass is 493 g/mol. The highest BCUT2D eigenvalue weighted by atomic mass is 35.5. The summed E-state index contributed by atoms with van der Waals surface area (Å²) in [4.78, 5) is 28.7. The van der Waals surface area contributed by atoms with Gasteiger partial charge in [0.15, 0.2) is 6.61 Å². The van der Waals surface area contributed by atoms with Crippen molar-refractivity contribution in [3.8, 4) is 5.75 Å². The van der Waals surface area contributed by atoms with Gasteiger partial charge in [-0.3, -0.25) is 14.6 Å². The Hall–Kier alpha value is -3.37. The van der Waals surface area contributed by atoms with Crippen molar-refractivity contribution in [3.63, 3.8) is 0 Å². The molecule has 1 saturated heterocycles. The Balaban J connectivity index is 1.46. The molecule has 7 nitrogen and oxygen atoms in total. The number of fused-ring (bicyclic) bond motifs is 1. The maximum atomic E-state index is 13.6. The quantitative estimate of drug-likeness (QED) is 0.502. The van der Waals surface area contributed by atoms with E-state index in [9.17, 15) is 22.8 Å². The zero-order chi connectivity index (χ0) is 24.3. The van der Waals surface area contributed by atoms with Crippen molar-refractivity contribution in [3.05, 3.63) is 59.2 Å². The Morgan fingerprint density at radius 3 is 2.74 bits per heavy atom. The summed E-state index contributed by atoms with van der Waals surface area (Å²) in [6.07, 6.45) is -2.72. The number of hydrogen-bond acceptors (Lipinski definition) is 5. The SMILES string of the molecule is O=C(COc1ccc(Cl)c2cccnc12)Nc1ccc(NC(=O)C2CCCO2)cc1C(F)(F)F. The molecule has 0 bridgehead atoms. The second-order valence-corrected chi connectivity index (χ2v) is 7.94. The van der Waals surface area contributed by atoms with Crippen molar-refractivity contribution in [2.24, 2.45) is 0 Å². The van der Waals surface area contributed by atoms with Crippen LogP contribution in [0.5, 0.6) is 5.75 Å². The fraction of sp³-hybridized carbons (Fsp3) is 0.261. The average Bonchev–Trinajstić information content (AvgIpc) is 3.34. The summed E-state index contributed by atoms with van der Waals surface area (Å²) >= 11 is 6.13. The first-order valence-corrected chi connectivity index (χ1v) is 10.7. The zero-order valence-corrected chi connectivity index (χ0v) is 18.4. The standard InChI is InChI=1S/C23H19ClF3N3O4/c24-16-6-8-18(21-14(16)3-1-9-28-21)34-12-20(31)30-17-7-5-13(11-15(17)23(25,26)27)29-22(32)19-4-2-10-33-19/h1,3,5-9,11,19H,2,4,10,12H2,(H,29,32)(H,30,31). The third-order valence-corrected chi connectivity index (χ3v) is 5.46. The molecule has 2 amide bonds. The number of nitrogens with zero attached hydrogens (tertiary/aromatic N) is 1. The molecular formula is C23H19ClF3N3O4. The van der Waals surface area contributed by atoms with E-state index in [2.05, 4.69) is 15.6 Å². The van der Waals surface area contributed by atoms with Crippen LogP contribution in [-0.2, 0) is 20.5 Å². The molecule has 2 heterocycles. The number of halogens is 4. The maximum absolute atomic E-state index is 13.6. The van der Waals surface area contributed by atoms with Gasteiger partial charge in [0.05, 0.1) is 16.3 Å². The first kappa shape index (κ1) is 23.8. The molecule has 1 aliphatic heterocycles. The number of aromatic nitrogens is 1. The zero-order valence-electron chi connectivity index (χ0n) is 17.6. The lowest BCUT2D eigenvalue weighted by Crippen LogP contribution is -2.27. The van der Waals surface area contributed by atoms with Crippen LogP contribution < -0.4 is 15.4 Å². The van der Waals surface area contributed by atoms with Gasteiger partial charge in [0.25, 0.3) is 11.8 Å². The van der Waals surface area contributed by atoms with Crippen LogP contribution in [0.4, 0.5) is 24.5 Å². The minimum Gasteiger partial charge on any atom is -0.481 e. The Kier molecular flexibility index (Phi) is 6.90. The number of carbonyl (C=O) groups is 2. The molecule has 0 aliphatic carbocycles. The van der Waals surface area contributed by atoms with Crippen molar-refractivity contribution in [1.29, 1.82) is 0 Å². The summed E-state index contributed by atoms with van der Waals surface area (Å²) in [6.45, 7) is -0.122. The number of pyridine rings is 1. The number of nitrogens with one attached hydrogen (secondary N) is 2. The number of rotatable bonds is 6. The first-order chi connectivity index (χ1) is 16.2. The second-order valence-electron chi connectivity index (χ2n) is 7.53. The van der Waals surface area contributed by atoms with Crippen molar-refractivity contribution < 1.29 is 32.2 Å². The van der Waals surface area contributed by atoms with E-state index in [1.165, 1.54) is 18.3 Å². The van der Waals surface area contributed by atoms with Gasteiger partial charge >= 0.3 is 6.18 Å². The number of benzene rings is 2. The Labute approximate surface area is 197 Å². The van der Waals surface area contributed by atoms with Crippen LogP contribution in [0.1, 0.15) is 18.4 Å². The molecule has 2 aromatic carbocycles. The highest BCUT2D eigenvalue weighted by Crippen LogP contribution is 2.37. The molecule has 0 saturated carbocycles. The number of ether oxygens (including phenoxy) is 2. The predicted molar refractivity (Wildman–Crippen MR) is 120 cm³/mol. The lowest BCUT2D eigenvalue weighted by molar-refractivity contribution is -0.137. The van der Waals surface area contributed by atoms with Crippen molar-refractivity contribution >= 4 is 45.7 Å². The molecule has 2 N–H and O–H groups in total. The van der Waals surface area contributed by atoms with Crippen LogP contribution in [0.15, 0.2) is 48.7 Å². The van der Waals surface area contributed by atoms with E-state index in [0.29, 0.717) is 35.4 Å². The van der Waals surface area contributed by atoms with Crippen LogP contribution in [0.3, 0.4) is 0 Å². The minimum atomic E-state index is -4.77. The van der Waals surface area contributed by atoms with Gasteiger partial charge in [-0.25, -0.2) is 0 Å². The Morgan fingerprint density at radius 1 is 1.18 bits per heavy atom. The van der Waals surface area contributed by atoms with Crippen LogP contribution in [0.25, 0.3) is 10.9 Å². The van der Waals surface area contributed by atoms with Gasteiger partial charge in [-0.2, -0.15) is 13.2 Å². The van der Waals surface area contributed by atoms with Crippen LogP contribution in [-0.4, -0.2) is 36.1 Å². The molecule has 0 radical (unpaired) electrons. The van der Waals surface area contributed by atoms with E-state index in [1.54, 1.807) is 18.2 Å². The molecule has 34 heavy (non-hydrogen) atoms. The fourth-order valence-electron chi connectivity index (χ4n) is 3.53. The fourth-order valence-corrected chi connectivity index (χ4v) is 3.75. The number of anilines is 2. The van der Waals surface area contributed by atoms with Crippen molar-refractivity contribution in [1.82, 2.24) is 4.98 Å². The molecular weight excluding hydrogens is 475 g/mol. The largest absolute Gasteiger partial charge is 0.481 e. The van der Waals surface area contributed by atoms with Gasteiger partial charge in [-0.15, -0.1) is 0 Å². The van der Waals surface area contributed by atoms with E-state index in [-0.39, 0.29) is 11.4 Å². The molecule has 178 valence electrons. The van der Waals surface area contributed by atoms with Gasteiger partial charge in [0, 0.05) is 23.9 Å². The first-order valence-electron chi connectivity index (χ1n) is 10.3. The molecule has 3 aromatic rings. The van der Waals surface area contributed by atoms with E-state index < -0.39 is 42.0 Å². The average molecular weight is 494 g/mol. The van der Waals surface area contributed by atoms with Crippen LogP contribution in [0.2, 0.25) is 5.02 Å². The summed E-state index contributed by atoms with van der Waals surface area (Å²) in [5, 5.41) is 5.70. The molecule has 1 aliphatic rings. The molecule has 1 aromatic heterocycles. The van der Waals surface area contributed by atoms with Crippen molar-refractivity contribution in [2.75, 3.05) is 23.8 Å². The number of hydrogen-bond donors (Lipinski definition) is 2. The highest BCUT2D eigenvalue weighted by molar-refractivity contribution is 6.35. The third-order valence-electron chi connectivity index (χ3n) is 5.13. The lowest BCUT2D eigenvalue weighted by Gasteiger charge is -2.17. The Bertz CT molecular complexity index is 1230. The van der Waals surface area contributed by atoms with Gasteiger partial charge in [-0.1, -0.05) is 11.6 Å². The number of amides is 2. The van der Waals surface area contributed by atoms with Gasteiger partial charge < -0.3 is 20.1 Å². The summed E-state index contributed by atoms with van der Waals surface area (Å²) in [5.74, 6) is -1.06. The van der Waals surface area contributed by atoms with Crippen LogP contribution >= 0.6 is 11.6 Å². The summed E-state index contributed by atoms with van der Waals surface area (Å²) < 4.78 is 51.6. The van der Waals surface area contributed by atoms with E-state index >= 15 is 0 Å². The number of alkyl halides is 3. The van der Waals surface area contributed by atoms with Gasteiger partial charge in [0.1, 0.15) is 17.4 Å². The molecule has 1 atom stereocenters. The molecule has 11 heteroatoms. The molecule has 4 rings (SSSR count). The smallest absolute Gasteiger partial charge is 0.418 e. The minimum absolute atomic E-state index is 0.0548. The molecule has 1 fully saturated rings. The summed E-state index contributed by atoms with van der Waals surface area (Å²) in [7, 11) is 0. The summed E-state index contributed by atoms with van der Waals surface area (Å²) in [6, 6.07) is 9.63. The molecule has 0 spiro atoms. The van der Waals surface area contributed by atoms with Crippen LogP contribution in [0, 0.1) is 0 Å². The second kappa shape index (κ2) is 9.86. The van der Waals surface area contributed by atoms with Crippen molar-refractivity contribution in [2.45, 2.75) is 25.1 Å².